The van der Waals surface area contributed by atoms with Gasteiger partial charge in [0.05, 0.1) is 11.0 Å². The number of imidazole rings is 1. The van der Waals surface area contributed by atoms with E-state index in [0.29, 0.717) is 5.02 Å². The summed E-state index contributed by atoms with van der Waals surface area (Å²) in [4.78, 5) is 8.70. The zero-order valence-electron chi connectivity index (χ0n) is 9.35. The molecule has 0 amide bonds. The average Bonchev–Trinajstić information content (AvgIpc) is 2.73. The molecule has 1 aromatic heterocycles. The molecule has 0 aliphatic carbocycles. The predicted molar refractivity (Wildman–Crippen MR) is 76.1 cm³/mol. The number of hydrogen-bond donors (Lipinski definition) is 2. The number of halogens is 1. The van der Waals surface area contributed by atoms with Gasteiger partial charge in [-0.15, -0.1) is 0 Å². The molecule has 3 rings (SSSR count). The van der Waals surface area contributed by atoms with E-state index in [1.165, 1.54) is 11.8 Å². The van der Waals surface area contributed by atoms with Gasteiger partial charge in [0.25, 0.3) is 0 Å². The van der Waals surface area contributed by atoms with Gasteiger partial charge in [-0.2, -0.15) is 0 Å². The number of nitrogens with zero attached hydrogens (tertiary/aromatic N) is 1. The number of benzene rings is 2. The van der Waals surface area contributed by atoms with Crippen LogP contribution in [-0.4, -0.2) is 9.97 Å². The Labute approximate surface area is 113 Å². The van der Waals surface area contributed by atoms with Crippen molar-refractivity contribution in [1.29, 1.82) is 0 Å². The van der Waals surface area contributed by atoms with Crippen LogP contribution in [-0.2, 0) is 0 Å². The second kappa shape index (κ2) is 4.55. The van der Waals surface area contributed by atoms with Crippen molar-refractivity contribution in [2.24, 2.45) is 0 Å². The highest BCUT2D eigenvalue weighted by Gasteiger charge is 2.06. The van der Waals surface area contributed by atoms with Crippen LogP contribution in [0.3, 0.4) is 0 Å². The number of para-hydroxylation sites is 1. The number of nitrogens with one attached hydrogen (secondary N) is 1. The number of fused-ring (bicyclic) bond motifs is 1. The number of nitrogens with two attached hydrogens (primary N) is 1. The second-order valence-corrected chi connectivity index (χ2v) is 5.31. The number of nitrogen functional groups attached to an aromatic ring is 1. The summed E-state index contributed by atoms with van der Waals surface area (Å²) in [7, 11) is 0. The number of aromatic nitrogens is 2. The van der Waals surface area contributed by atoms with Crippen LogP contribution in [0, 0.1) is 0 Å². The van der Waals surface area contributed by atoms with E-state index >= 15 is 0 Å². The highest BCUT2D eigenvalue weighted by atomic mass is 35.5. The van der Waals surface area contributed by atoms with Crippen LogP contribution in [0.25, 0.3) is 11.0 Å². The molecule has 5 heteroatoms. The molecule has 0 unspecified atom stereocenters. The molecule has 2 aromatic carbocycles. The van der Waals surface area contributed by atoms with Crippen LogP contribution in [0.15, 0.2) is 52.5 Å². The lowest BCUT2D eigenvalue weighted by Gasteiger charge is -2.01. The first-order valence-electron chi connectivity index (χ1n) is 5.40. The molecule has 90 valence electrons. The van der Waals surface area contributed by atoms with E-state index in [2.05, 4.69) is 9.97 Å². The fourth-order valence-electron chi connectivity index (χ4n) is 1.68. The van der Waals surface area contributed by atoms with E-state index in [0.717, 1.165) is 26.8 Å². The van der Waals surface area contributed by atoms with E-state index in [4.69, 9.17) is 17.3 Å². The number of hydrogen-bond acceptors (Lipinski definition) is 3. The minimum absolute atomic E-state index is 0.696. The molecule has 0 spiro atoms. The van der Waals surface area contributed by atoms with Gasteiger partial charge in [-0.1, -0.05) is 23.7 Å². The van der Waals surface area contributed by atoms with Crippen molar-refractivity contribution in [3.8, 4) is 0 Å². The Morgan fingerprint density at radius 1 is 1.17 bits per heavy atom. The summed E-state index contributed by atoms with van der Waals surface area (Å²) in [5.41, 5.74) is 8.48. The Kier molecular flexibility index (Phi) is 2.89. The minimum atomic E-state index is 0.696. The van der Waals surface area contributed by atoms with Gasteiger partial charge < -0.3 is 10.7 Å². The molecule has 0 saturated carbocycles. The molecule has 3 N–H and O–H groups in total. The molecular formula is C13H10ClN3S. The predicted octanol–water partition coefficient (Wildman–Crippen LogP) is 3.95. The van der Waals surface area contributed by atoms with E-state index in [1.807, 2.05) is 42.5 Å². The lowest BCUT2D eigenvalue weighted by Crippen LogP contribution is -1.87. The van der Waals surface area contributed by atoms with Gasteiger partial charge in [0.15, 0.2) is 5.16 Å². The maximum atomic E-state index is 5.94. The Morgan fingerprint density at radius 3 is 2.83 bits per heavy atom. The third-order valence-electron chi connectivity index (χ3n) is 2.55. The van der Waals surface area contributed by atoms with E-state index in [9.17, 15) is 0 Å². The number of rotatable bonds is 2. The molecule has 1 heterocycles. The maximum absolute atomic E-state index is 5.94. The van der Waals surface area contributed by atoms with Crippen LogP contribution in [0.4, 0.5) is 5.69 Å². The maximum Gasteiger partial charge on any atom is 0.171 e. The second-order valence-electron chi connectivity index (χ2n) is 3.84. The van der Waals surface area contributed by atoms with Gasteiger partial charge in [0.2, 0.25) is 0 Å². The lowest BCUT2D eigenvalue weighted by molar-refractivity contribution is 1.08. The van der Waals surface area contributed by atoms with Gasteiger partial charge in [0, 0.05) is 15.6 Å². The first-order chi connectivity index (χ1) is 8.72. The van der Waals surface area contributed by atoms with Crippen molar-refractivity contribution in [2.45, 2.75) is 10.1 Å². The van der Waals surface area contributed by atoms with Crippen molar-refractivity contribution in [1.82, 2.24) is 9.97 Å². The van der Waals surface area contributed by atoms with Crippen LogP contribution >= 0.6 is 23.4 Å². The fourth-order valence-corrected chi connectivity index (χ4v) is 2.70. The standard InChI is InChI=1S/C13H10ClN3S/c14-8-5-6-10-11(7-8)17-13(16-10)18-12-4-2-1-3-9(12)15/h1-7H,15H2,(H,16,17). The van der Waals surface area contributed by atoms with Gasteiger partial charge in [-0.05, 0) is 42.1 Å². The summed E-state index contributed by atoms with van der Waals surface area (Å²) < 4.78 is 0. The molecule has 0 saturated heterocycles. The Balaban J connectivity index is 1.98. The smallest absolute Gasteiger partial charge is 0.171 e. The van der Waals surface area contributed by atoms with Crippen molar-refractivity contribution in [3.63, 3.8) is 0 Å². The summed E-state index contributed by atoms with van der Waals surface area (Å²) >= 11 is 7.45. The Hall–Kier alpha value is -1.65. The molecule has 0 aliphatic rings. The summed E-state index contributed by atoms with van der Waals surface area (Å²) in [5, 5.41) is 1.51. The van der Waals surface area contributed by atoms with Crippen molar-refractivity contribution >= 4 is 40.1 Å². The van der Waals surface area contributed by atoms with E-state index in [-0.39, 0.29) is 0 Å². The SMILES string of the molecule is Nc1ccccc1Sc1nc2ccc(Cl)cc2[nH]1. The van der Waals surface area contributed by atoms with Gasteiger partial charge in [0.1, 0.15) is 0 Å². The first kappa shape index (κ1) is 11.4. The van der Waals surface area contributed by atoms with Crippen LogP contribution in [0.5, 0.6) is 0 Å². The summed E-state index contributed by atoms with van der Waals surface area (Å²) in [5.74, 6) is 0. The van der Waals surface area contributed by atoms with E-state index < -0.39 is 0 Å². The molecule has 18 heavy (non-hydrogen) atoms. The van der Waals surface area contributed by atoms with Crippen LogP contribution < -0.4 is 5.73 Å². The molecule has 3 aromatic rings. The Morgan fingerprint density at radius 2 is 2.00 bits per heavy atom. The molecule has 3 nitrogen and oxygen atoms in total. The Bertz CT molecular complexity index is 708. The summed E-state index contributed by atoms with van der Waals surface area (Å²) in [6.07, 6.45) is 0. The summed E-state index contributed by atoms with van der Waals surface area (Å²) in [6, 6.07) is 13.3. The zero-order valence-corrected chi connectivity index (χ0v) is 10.9. The quantitative estimate of drug-likeness (QED) is 0.696. The monoisotopic (exact) mass is 275 g/mol. The molecule has 0 radical (unpaired) electrons. The van der Waals surface area contributed by atoms with Crippen molar-refractivity contribution in [2.75, 3.05) is 5.73 Å². The van der Waals surface area contributed by atoms with Crippen molar-refractivity contribution in [3.05, 3.63) is 47.5 Å². The first-order valence-corrected chi connectivity index (χ1v) is 6.59. The molecule has 0 aliphatic heterocycles. The number of anilines is 1. The summed E-state index contributed by atoms with van der Waals surface area (Å²) in [6.45, 7) is 0. The zero-order chi connectivity index (χ0) is 12.5. The van der Waals surface area contributed by atoms with Crippen LogP contribution in [0.1, 0.15) is 0 Å². The molecule has 0 atom stereocenters. The third kappa shape index (κ3) is 2.17. The number of H-pyrrole nitrogens is 1. The molecule has 0 fully saturated rings. The largest absolute Gasteiger partial charge is 0.398 e. The molecule has 0 bridgehead atoms. The fraction of sp³-hybridized carbons (Fsp3) is 0. The van der Waals surface area contributed by atoms with Gasteiger partial charge in [-0.25, -0.2) is 4.98 Å². The van der Waals surface area contributed by atoms with Crippen molar-refractivity contribution < 1.29 is 0 Å². The van der Waals surface area contributed by atoms with E-state index in [1.54, 1.807) is 0 Å². The van der Waals surface area contributed by atoms with Crippen LogP contribution in [0.2, 0.25) is 5.02 Å². The topological polar surface area (TPSA) is 54.7 Å². The van der Waals surface area contributed by atoms with Gasteiger partial charge in [-0.3, -0.25) is 0 Å². The van der Waals surface area contributed by atoms with Gasteiger partial charge >= 0.3 is 0 Å². The minimum Gasteiger partial charge on any atom is -0.398 e. The normalized spacial score (nSPS) is 10.9. The number of aromatic amines is 1. The highest BCUT2D eigenvalue weighted by molar-refractivity contribution is 7.99. The third-order valence-corrected chi connectivity index (χ3v) is 3.76. The lowest BCUT2D eigenvalue weighted by atomic mass is 10.3. The molecular weight excluding hydrogens is 266 g/mol. The highest BCUT2D eigenvalue weighted by Crippen LogP contribution is 2.31. The average molecular weight is 276 g/mol.